The van der Waals surface area contributed by atoms with Crippen molar-refractivity contribution in [2.24, 2.45) is 11.5 Å². The van der Waals surface area contributed by atoms with Crippen molar-refractivity contribution < 1.29 is 29.0 Å². The van der Waals surface area contributed by atoms with Gasteiger partial charge in [0.15, 0.2) is 0 Å². The van der Waals surface area contributed by atoms with Gasteiger partial charge < -0.3 is 26.0 Å². The van der Waals surface area contributed by atoms with Crippen LogP contribution in [0.5, 0.6) is 0 Å². The van der Waals surface area contributed by atoms with Gasteiger partial charge in [0, 0.05) is 11.3 Å². The summed E-state index contributed by atoms with van der Waals surface area (Å²) in [5.41, 5.74) is 10.8. The van der Waals surface area contributed by atoms with Crippen LogP contribution in [0.3, 0.4) is 0 Å². The van der Waals surface area contributed by atoms with Crippen LogP contribution in [0.25, 0.3) is 0 Å². The Bertz CT molecular complexity index is 479. The first-order valence-corrected chi connectivity index (χ1v) is 6.22. The number of thioether (sulfide) groups is 1. The average molecular weight is 289 g/mol. The fraction of sp³-hybridized carbons (Fsp3) is 0.444. The molecule has 2 amide bonds. The van der Waals surface area contributed by atoms with Gasteiger partial charge in [0.2, 0.25) is 11.8 Å². The Balaban J connectivity index is 2.23. The number of fused-ring (bicyclic) bond motifs is 1. The predicted molar refractivity (Wildman–Crippen MR) is 62.7 cm³/mol. The Morgan fingerprint density at radius 3 is 2.79 bits per heavy atom. The number of β-lactam (4-membered cyclic amide) rings is 1. The monoisotopic (exact) mass is 289 g/mol. The molecule has 1 fully saturated rings. The summed E-state index contributed by atoms with van der Waals surface area (Å²) in [7, 11) is 0. The van der Waals surface area contributed by atoms with Gasteiger partial charge in [0.05, 0.1) is 0 Å². The zero-order valence-electron chi connectivity index (χ0n) is 9.57. The van der Waals surface area contributed by atoms with Gasteiger partial charge in [0.25, 0.3) is 0 Å². The highest BCUT2D eigenvalue weighted by molar-refractivity contribution is 8.00. The fourth-order valence-electron chi connectivity index (χ4n) is 1.76. The molecule has 9 nitrogen and oxygen atoms in total. The number of carboxylic acid groups (broad SMARTS) is 1. The number of hydrogen-bond acceptors (Lipinski definition) is 7. The summed E-state index contributed by atoms with van der Waals surface area (Å²) in [6, 6.07) is -0.684. The molecule has 2 rings (SSSR count). The molecule has 5 N–H and O–H groups in total. The van der Waals surface area contributed by atoms with Crippen LogP contribution in [-0.2, 0) is 14.3 Å². The van der Waals surface area contributed by atoms with E-state index in [1.165, 1.54) is 11.8 Å². The number of hydrogen-bond donors (Lipinski definition) is 3. The molecule has 2 heterocycles. The molecule has 0 aromatic rings. The third kappa shape index (κ3) is 2.44. The van der Waals surface area contributed by atoms with Gasteiger partial charge in [-0.25, -0.2) is 9.59 Å². The molecule has 0 bridgehead atoms. The molecule has 0 spiro atoms. The van der Waals surface area contributed by atoms with E-state index in [4.69, 9.17) is 16.6 Å². The van der Waals surface area contributed by atoms with Gasteiger partial charge in [-0.3, -0.25) is 9.69 Å². The first-order chi connectivity index (χ1) is 8.91. The fourth-order valence-corrected chi connectivity index (χ4v) is 3.02. The Hall–Kier alpha value is -1.94. The highest BCUT2D eigenvalue weighted by atomic mass is 32.2. The average Bonchev–Trinajstić information content (AvgIpc) is 2.34. The molecular formula is C9H11N3O6S. The molecule has 2 aliphatic heterocycles. The van der Waals surface area contributed by atoms with Crippen LogP contribution >= 0.6 is 11.8 Å². The lowest BCUT2D eigenvalue weighted by Gasteiger charge is -2.47. The van der Waals surface area contributed by atoms with Gasteiger partial charge in [-0.1, -0.05) is 0 Å². The molecule has 0 saturated carbocycles. The van der Waals surface area contributed by atoms with E-state index in [9.17, 15) is 14.4 Å². The van der Waals surface area contributed by atoms with Crippen molar-refractivity contribution in [2.45, 2.75) is 11.4 Å². The number of primary amides is 1. The quantitative estimate of drug-likeness (QED) is 0.453. The largest absolute Gasteiger partial charge is 0.512 e. The molecule has 0 aliphatic carbocycles. The van der Waals surface area contributed by atoms with Gasteiger partial charge in [-0.15, -0.1) is 11.8 Å². The summed E-state index contributed by atoms with van der Waals surface area (Å²) in [5.74, 6) is -0.257. The third-order valence-corrected chi connectivity index (χ3v) is 3.97. The van der Waals surface area contributed by atoms with Crippen LogP contribution in [0, 0.1) is 0 Å². The summed E-state index contributed by atoms with van der Waals surface area (Å²) in [5, 5.41) is 8.31. The molecule has 1 unspecified atom stereocenters. The molecular weight excluding hydrogens is 278 g/mol. The van der Waals surface area contributed by atoms with Gasteiger partial charge in [-0.05, 0) is 0 Å². The lowest BCUT2D eigenvalue weighted by Crippen LogP contribution is -2.68. The Kier molecular flexibility index (Phi) is 3.53. The summed E-state index contributed by atoms with van der Waals surface area (Å²) in [6.45, 7) is -0.239. The van der Waals surface area contributed by atoms with Gasteiger partial charge in [0.1, 0.15) is 18.0 Å². The number of ether oxygens (including phenoxy) is 2. The number of carbonyl (C=O) groups excluding carboxylic acids is 2. The highest BCUT2D eigenvalue weighted by Crippen LogP contribution is 2.39. The first kappa shape index (κ1) is 13.5. The van der Waals surface area contributed by atoms with Crippen molar-refractivity contribution in [3.8, 4) is 0 Å². The van der Waals surface area contributed by atoms with Crippen molar-refractivity contribution in [2.75, 3.05) is 12.4 Å². The predicted octanol–water partition coefficient (Wildman–Crippen LogP) is -0.770. The van der Waals surface area contributed by atoms with Crippen molar-refractivity contribution >= 4 is 29.9 Å². The van der Waals surface area contributed by atoms with Crippen molar-refractivity contribution in [3.63, 3.8) is 0 Å². The van der Waals surface area contributed by atoms with Crippen LogP contribution in [0.15, 0.2) is 11.5 Å². The van der Waals surface area contributed by atoms with Crippen molar-refractivity contribution in [3.05, 3.63) is 11.5 Å². The van der Waals surface area contributed by atoms with E-state index in [2.05, 4.69) is 9.47 Å². The van der Waals surface area contributed by atoms with Crippen LogP contribution < -0.4 is 11.5 Å². The van der Waals surface area contributed by atoms with Gasteiger partial charge >= 0.3 is 12.2 Å². The van der Waals surface area contributed by atoms with E-state index in [0.29, 0.717) is 11.3 Å². The minimum Gasteiger partial charge on any atom is -0.449 e. The second kappa shape index (κ2) is 4.97. The van der Waals surface area contributed by atoms with E-state index < -0.39 is 24.2 Å². The summed E-state index contributed by atoms with van der Waals surface area (Å²) in [6.07, 6.45) is -2.56. The lowest BCUT2D eigenvalue weighted by molar-refractivity contribution is -0.144. The van der Waals surface area contributed by atoms with Crippen LogP contribution in [-0.4, -0.2) is 51.9 Å². The van der Waals surface area contributed by atoms with Crippen LogP contribution in [0.1, 0.15) is 0 Å². The molecule has 10 heteroatoms. The number of nitrogens with two attached hydrogens (primary N) is 2. The molecule has 0 aromatic carbocycles. The molecule has 104 valence electrons. The minimum atomic E-state index is -1.56. The van der Waals surface area contributed by atoms with E-state index in [-0.39, 0.29) is 17.9 Å². The van der Waals surface area contributed by atoms with Gasteiger partial charge in [-0.2, -0.15) is 0 Å². The molecule has 0 radical (unpaired) electrons. The van der Waals surface area contributed by atoms with Crippen LogP contribution in [0.2, 0.25) is 0 Å². The maximum absolute atomic E-state index is 11.6. The van der Waals surface area contributed by atoms with E-state index in [1.807, 2.05) is 0 Å². The maximum atomic E-state index is 11.6. The minimum absolute atomic E-state index is 0.149. The second-order valence-corrected chi connectivity index (χ2v) is 4.92. The Morgan fingerprint density at radius 2 is 2.21 bits per heavy atom. The number of carbonyl (C=O) groups is 3. The summed E-state index contributed by atoms with van der Waals surface area (Å²) >= 11 is 1.33. The second-order valence-electron chi connectivity index (χ2n) is 3.82. The molecule has 1 saturated heterocycles. The normalized spacial score (nSPS) is 25.5. The van der Waals surface area contributed by atoms with Crippen molar-refractivity contribution in [1.82, 2.24) is 4.90 Å². The molecule has 0 aromatic heterocycles. The zero-order valence-corrected chi connectivity index (χ0v) is 10.4. The summed E-state index contributed by atoms with van der Waals surface area (Å²) < 4.78 is 9.18. The molecule has 2 atom stereocenters. The van der Waals surface area contributed by atoms with E-state index >= 15 is 0 Å². The topological polar surface area (TPSA) is 145 Å². The molecule has 19 heavy (non-hydrogen) atoms. The Labute approximate surface area is 111 Å². The SMILES string of the molecule is NC(=O)OCC1=C(OC(=O)O)N2C(=O)C(N)[C@@H]2SC1. The smallest absolute Gasteiger partial charge is 0.449 e. The first-order valence-electron chi connectivity index (χ1n) is 5.17. The third-order valence-electron chi connectivity index (χ3n) is 2.61. The number of amides is 2. The van der Waals surface area contributed by atoms with Crippen molar-refractivity contribution in [1.29, 1.82) is 0 Å². The van der Waals surface area contributed by atoms with Crippen LogP contribution in [0.4, 0.5) is 9.59 Å². The van der Waals surface area contributed by atoms with E-state index in [0.717, 1.165) is 4.90 Å². The van der Waals surface area contributed by atoms with E-state index in [1.54, 1.807) is 0 Å². The summed E-state index contributed by atoms with van der Waals surface area (Å²) in [4.78, 5) is 34.0. The standard InChI is InChI=1S/C9H11N3O6S/c10-4-5(13)12-6(18-9(15)16)3(1-17-8(11)14)2-19-7(4)12/h4,7H,1-2,10H2,(H2,11,14)(H,15,16)/t4?,7-/m0/s1. The number of nitrogens with zero attached hydrogens (tertiary/aromatic N) is 1. The highest BCUT2D eigenvalue weighted by Gasteiger charge is 2.51. The zero-order chi connectivity index (χ0) is 14.2. The number of rotatable bonds is 3. The molecule has 2 aliphatic rings. The Morgan fingerprint density at radius 1 is 1.53 bits per heavy atom. The lowest BCUT2D eigenvalue weighted by atomic mass is 10.1. The maximum Gasteiger partial charge on any atom is 0.512 e.